The highest BCUT2D eigenvalue weighted by atomic mass is 19.4. The maximum atomic E-state index is 13.3. The van der Waals surface area contributed by atoms with Crippen molar-refractivity contribution in [1.82, 2.24) is 20.0 Å². The summed E-state index contributed by atoms with van der Waals surface area (Å²) in [6.07, 6.45) is -3.22. The van der Waals surface area contributed by atoms with Crippen molar-refractivity contribution in [1.29, 1.82) is 5.26 Å². The fourth-order valence-corrected chi connectivity index (χ4v) is 3.44. The molecule has 1 aromatic carbocycles. The third kappa shape index (κ3) is 3.94. The number of halogens is 3. The third-order valence-corrected chi connectivity index (χ3v) is 5.02. The molecule has 11 heteroatoms. The van der Waals surface area contributed by atoms with Crippen LogP contribution in [0.15, 0.2) is 30.5 Å². The standard InChI is InChI=1S/C19H19F3N6O2/c1-24-17(29)16-11-27(7-8-28(16)18(30)15-5-6-25-26(15)2)13-4-3-12(10-23)14(9-13)19(20,21)22/h3-6,9,16H,7-8,11H2,1-2H3,(H,24,29). The summed E-state index contributed by atoms with van der Waals surface area (Å²) in [7, 11) is 3.03. The van der Waals surface area contributed by atoms with Crippen LogP contribution in [0, 0.1) is 11.3 Å². The maximum Gasteiger partial charge on any atom is 0.417 e. The van der Waals surface area contributed by atoms with Gasteiger partial charge in [-0.15, -0.1) is 0 Å². The number of carbonyl (C=O) groups is 2. The van der Waals surface area contributed by atoms with Crippen molar-refractivity contribution in [3.05, 3.63) is 47.3 Å². The molecule has 30 heavy (non-hydrogen) atoms. The zero-order valence-electron chi connectivity index (χ0n) is 16.3. The fraction of sp³-hybridized carbons (Fsp3) is 0.368. The van der Waals surface area contributed by atoms with Crippen molar-refractivity contribution < 1.29 is 22.8 Å². The first-order valence-corrected chi connectivity index (χ1v) is 9.04. The molecule has 2 aromatic rings. The Labute approximate surface area is 170 Å². The topological polar surface area (TPSA) is 94.3 Å². The number of likely N-dealkylation sites (N-methyl/N-ethyl adjacent to an activating group) is 1. The number of amides is 2. The normalized spacial score (nSPS) is 16.9. The van der Waals surface area contributed by atoms with E-state index in [1.165, 1.54) is 35.0 Å². The molecule has 1 saturated heterocycles. The molecule has 2 heterocycles. The van der Waals surface area contributed by atoms with E-state index in [2.05, 4.69) is 10.4 Å². The predicted molar refractivity (Wildman–Crippen MR) is 100 cm³/mol. The van der Waals surface area contributed by atoms with Gasteiger partial charge in [0, 0.05) is 45.6 Å². The van der Waals surface area contributed by atoms with Crippen LogP contribution in [0.1, 0.15) is 21.6 Å². The first kappa shape index (κ1) is 21.2. The summed E-state index contributed by atoms with van der Waals surface area (Å²) in [6, 6.07) is 5.60. The van der Waals surface area contributed by atoms with E-state index in [1.54, 1.807) is 18.0 Å². The van der Waals surface area contributed by atoms with Gasteiger partial charge in [0.05, 0.1) is 17.2 Å². The Kier molecular flexibility index (Phi) is 5.69. The number of hydrogen-bond donors (Lipinski definition) is 1. The Morgan fingerprint density at radius 3 is 2.57 bits per heavy atom. The lowest BCUT2D eigenvalue weighted by Gasteiger charge is -2.41. The molecule has 1 unspecified atom stereocenters. The van der Waals surface area contributed by atoms with Crippen LogP contribution in [0.4, 0.5) is 18.9 Å². The first-order valence-electron chi connectivity index (χ1n) is 9.04. The number of anilines is 1. The summed E-state index contributed by atoms with van der Waals surface area (Å²) in [5, 5.41) is 15.4. The Bertz CT molecular complexity index is 1010. The molecular weight excluding hydrogens is 401 g/mol. The molecule has 1 aliphatic rings. The van der Waals surface area contributed by atoms with Crippen LogP contribution in [0.25, 0.3) is 0 Å². The molecule has 1 N–H and O–H groups in total. The number of aryl methyl sites for hydroxylation is 1. The summed E-state index contributed by atoms with van der Waals surface area (Å²) in [5.74, 6) is -0.820. The van der Waals surface area contributed by atoms with E-state index in [0.29, 0.717) is 5.69 Å². The van der Waals surface area contributed by atoms with Gasteiger partial charge >= 0.3 is 6.18 Å². The summed E-state index contributed by atoms with van der Waals surface area (Å²) in [4.78, 5) is 28.4. The summed E-state index contributed by atoms with van der Waals surface area (Å²) in [5.41, 5.74) is -0.982. The van der Waals surface area contributed by atoms with Crippen LogP contribution in [-0.2, 0) is 18.0 Å². The Hall–Kier alpha value is -3.55. The van der Waals surface area contributed by atoms with Crippen LogP contribution in [-0.4, -0.2) is 59.2 Å². The highest BCUT2D eigenvalue weighted by Crippen LogP contribution is 2.35. The molecule has 1 fully saturated rings. The molecule has 0 spiro atoms. The van der Waals surface area contributed by atoms with Crippen molar-refractivity contribution >= 4 is 17.5 Å². The quantitative estimate of drug-likeness (QED) is 0.810. The van der Waals surface area contributed by atoms with Crippen molar-refractivity contribution in [2.24, 2.45) is 7.05 Å². The van der Waals surface area contributed by atoms with Gasteiger partial charge in [-0.3, -0.25) is 14.3 Å². The van der Waals surface area contributed by atoms with Crippen LogP contribution in [0.2, 0.25) is 0 Å². The molecule has 2 amide bonds. The summed E-state index contributed by atoms with van der Waals surface area (Å²) < 4.78 is 41.3. The van der Waals surface area contributed by atoms with E-state index in [4.69, 9.17) is 5.26 Å². The SMILES string of the molecule is CNC(=O)C1CN(c2ccc(C#N)c(C(F)(F)F)c2)CCN1C(=O)c1ccnn1C. The molecule has 3 rings (SSSR count). The smallest absolute Gasteiger partial charge is 0.367 e. The minimum Gasteiger partial charge on any atom is -0.367 e. The van der Waals surface area contributed by atoms with E-state index in [-0.39, 0.29) is 31.2 Å². The number of rotatable bonds is 3. The van der Waals surface area contributed by atoms with Gasteiger partial charge in [0.15, 0.2) is 0 Å². The van der Waals surface area contributed by atoms with Gasteiger partial charge in [-0.1, -0.05) is 0 Å². The number of carbonyl (C=O) groups excluding carboxylic acids is 2. The number of nitrogens with zero attached hydrogens (tertiary/aromatic N) is 5. The maximum absolute atomic E-state index is 13.3. The number of benzene rings is 1. The van der Waals surface area contributed by atoms with Gasteiger partial charge in [-0.25, -0.2) is 0 Å². The monoisotopic (exact) mass is 420 g/mol. The number of nitrogens with one attached hydrogen (secondary N) is 1. The summed E-state index contributed by atoms with van der Waals surface area (Å²) in [6.45, 7) is 0.357. The minimum absolute atomic E-state index is 0.00641. The molecule has 0 bridgehead atoms. The van der Waals surface area contributed by atoms with E-state index < -0.39 is 29.3 Å². The van der Waals surface area contributed by atoms with Crippen molar-refractivity contribution in [2.75, 3.05) is 31.6 Å². The number of alkyl halides is 3. The fourth-order valence-electron chi connectivity index (χ4n) is 3.44. The number of hydrogen-bond acceptors (Lipinski definition) is 5. The molecule has 1 atom stereocenters. The van der Waals surface area contributed by atoms with Crippen LogP contribution >= 0.6 is 0 Å². The van der Waals surface area contributed by atoms with E-state index in [9.17, 15) is 22.8 Å². The average Bonchev–Trinajstić information content (AvgIpc) is 3.17. The molecule has 158 valence electrons. The van der Waals surface area contributed by atoms with E-state index in [0.717, 1.165) is 12.1 Å². The largest absolute Gasteiger partial charge is 0.417 e. The molecular formula is C19H19F3N6O2. The van der Waals surface area contributed by atoms with Crippen molar-refractivity contribution in [2.45, 2.75) is 12.2 Å². The van der Waals surface area contributed by atoms with E-state index >= 15 is 0 Å². The van der Waals surface area contributed by atoms with Gasteiger partial charge in [0.25, 0.3) is 5.91 Å². The lowest BCUT2D eigenvalue weighted by Crippen LogP contribution is -2.60. The first-order chi connectivity index (χ1) is 14.2. The van der Waals surface area contributed by atoms with Gasteiger partial charge in [-0.05, 0) is 24.3 Å². The highest BCUT2D eigenvalue weighted by Gasteiger charge is 2.38. The lowest BCUT2D eigenvalue weighted by atomic mass is 10.0. The van der Waals surface area contributed by atoms with Gasteiger partial charge in [0.1, 0.15) is 11.7 Å². The van der Waals surface area contributed by atoms with Crippen LogP contribution < -0.4 is 10.2 Å². The molecule has 0 radical (unpaired) electrons. The van der Waals surface area contributed by atoms with Gasteiger partial charge in [-0.2, -0.15) is 23.5 Å². The Balaban J connectivity index is 1.91. The lowest BCUT2D eigenvalue weighted by molar-refractivity contribution is -0.137. The van der Waals surface area contributed by atoms with Crippen molar-refractivity contribution in [3.63, 3.8) is 0 Å². The number of nitriles is 1. The number of aromatic nitrogens is 2. The molecule has 1 aromatic heterocycles. The molecule has 0 saturated carbocycles. The Morgan fingerprint density at radius 1 is 1.27 bits per heavy atom. The summed E-state index contributed by atoms with van der Waals surface area (Å²) >= 11 is 0. The predicted octanol–water partition coefficient (Wildman–Crippen LogP) is 1.39. The minimum atomic E-state index is -4.68. The highest BCUT2D eigenvalue weighted by molar-refractivity contribution is 5.96. The van der Waals surface area contributed by atoms with Crippen LogP contribution in [0.3, 0.4) is 0 Å². The van der Waals surface area contributed by atoms with Crippen LogP contribution in [0.5, 0.6) is 0 Å². The zero-order chi connectivity index (χ0) is 22.1. The second-order valence-corrected chi connectivity index (χ2v) is 6.75. The second kappa shape index (κ2) is 8.06. The molecule has 0 aliphatic carbocycles. The molecule has 1 aliphatic heterocycles. The Morgan fingerprint density at radius 2 is 2.00 bits per heavy atom. The molecule has 8 nitrogen and oxygen atoms in total. The average molecular weight is 420 g/mol. The number of piperazine rings is 1. The van der Waals surface area contributed by atoms with E-state index in [1.807, 2.05) is 0 Å². The third-order valence-electron chi connectivity index (χ3n) is 5.02. The van der Waals surface area contributed by atoms with Crippen molar-refractivity contribution in [3.8, 4) is 6.07 Å². The van der Waals surface area contributed by atoms with Gasteiger partial charge < -0.3 is 15.1 Å². The second-order valence-electron chi connectivity index (χ2n) is 6.75. The zero-order valence-corrected chi connectivity index (χ0v) is 16.3. The van der Waals surface area contributed by atoms with Gasteiger partial charge in [0.2, 0.25) is 5.91 Å².